The SMILES string of the molecule is CC(C)(C)c1cc2c(c(C(C)(C)C)c1)Oc1c(Cl)c(Cl)c(Cl)c(Cl)c1S2. The number of hydrogen-bond donors (Lipinski definition) is 0. The van der Waals surface area contributed by atoms with Crippen molar-refractivity contribution in [3.63, 3.8) is 0 Å². The fourth-order valence-corrected chi connectivity index (χ4v) is 4.94. The van der Waals surface area contributed by atoms with Crippen LogP contribution in [-0.4, -0.2) is 0 Å². The van der Waals surface area contributed by atoms with Gasteiger partial charge in [0.25, 0.3) is 0 Å². The Morgan fingerprint density at radius 1 is 0.731 bits per heavy atom. The first-order valence-corrected chi connectivity index (χ1v) is 10.6. The average molecular weight is 450 g/mol. The summed E-state index contributed by atoms with van der Waals surface area (Å²) in [6, 6.07) is 4.38. The van der Waals surface area contributed by atoms with Crippen molar-refractivity contribution in [3.05, 3.63) is 43.4 Å². The molecule has 1 aliphatic heterocycles. The van der Waals surface area contributed by atoms with Crippen LogP contribution in [0.5, 0.6) is 11.5 Å². The van der Waals surface area contributed by atoms with Crippen molar-refractivity contribution in [1.82, 2.24) is 0 Å². The van der Waals surface area contributed by atoms with Crippen LogP contribution in [0.2, 0.25) is 20.1 Å². The van der Waals surface area contributed by atoms with Gasteiger partial charge in [0.2, 0.25) is 0 Å². The van der Waals surface area contributed by atoms with Crippen LogP contribution in [0.15, 0.2) is 21.9 Å². The third-order valence-corrected chi connectivity index (χ3v) is 7.34. The maximum atomic E-state index is 6.44. The van der Waals surface area contributed by atoms with E-state index in [2.05, 4.69) is 53.7 Å². The Kier molecular flexibility index (Phi) is 5.25. The van der Waals surface area contributed by atoms with Crippen LogP contribution < -0.4 is 4.74 Å². The predicted molar refractivity (Wildman–Crippen MR) is 115 cm³/mol. The Morgan fingerprint density at radius 2 is 1.31 bits per heavy atom. The van der Waals surface area contributed by atoms with Gasteiger partial charge in [-0.25, -0.2) is 0 Å². The lowest BCUT2D eigenvalue weighted by molar-refractivity contribution is 0.429. The van der Waals surface area contributed by atoms with Gasteiger partial charge in [-0.1, -0.05) is 106 Å². The van der Waals surface area contributed by atoms with Crippen molar-refractivity contribution in [3.8, 4) is 11.5 Å². The molecule has 1 nitrogen and oxygen atoms in total. The van der Waals surface area contributed by atoms with Crippen LogP contribution in [0.1, 0.15) is 52.7 Å². The van der Waals surface area contributed by atoms with E-state index < -0.39 is 0 Å². The van der Waals surface area contributed by atoms with E-state index in [4.69, 9.17) is 51.1 Å². The molecule has 1 heterocycles. The number of rotatable bonds is 0. The minimum atomic E-state index is -0.101. The highest BCUT2D eigenvalue weighted by Crippen LogP contribution is 2.59. The number of halogens is 4. The van der Waals surface area contributed by atoms with Crippen molar-refractivity contribution >= 4 is 58.2 Å². The smallest absolute Gasteiger partial charge is 0.163 e. The summed E-state index contributed by atoms with van der Waals surface area (Å²) < 4.78 is 6.27. The van der Waals surface area contributed by atoms with Crippen LogP contribution in [-0.2, 0) is 10.8 Å². The Hall–Kier alpha value is -0.250. The van der Waals surface area contributed by atoms with Crippen LogP contribution in [0, 0.1) is 0 Å². The van der Waals surface area contributed by atoms with E-state index in [0.717, 1.165) is 16.2 Å². The molecule has 0 N–H and O–H groups in total. The zero-order valence-electron chi connectivity index (χ0n) is 15.5. The summed E-state index contributed by atoms with van der Waals surface area (Å²) in [5.41, 5.74) is 2.27. The predicted octanol–water partition coefficient (Wildman–Crippen LogP) is 9.15. The highest BCUT2D eigenvalue weighted by molar-refractivity contribution is 7.99. The summed E-state index contributed by atoms with van der Waals surface area (Å²) in [4.78, 5) is 1.70. The molecule has 26 heavy (non-hydrogen) atoms. The van der Waals surface area contributed by atoms with E-state index in [9.17, 15) is 0 Å². The summed E-state index contributed by atoms with van der Waals surface area (Å²) >= 11 is 26.8. The molecule has 0 aromatic heterocycles. The molecule has 0 aliphatic carbocycles. The molecule has 0 radical (unpaired) electrons. The first-order chi connectivity index (χ1) is 11.8. The molecule has 0 saturated carbocycles. The standard InChI is InChI=1S/C20H20Cl4OS/c1-19(2,3)9-7-10(20(4,5)6)16-11(8-9)26-18-15(24)13(22)12(21)14(23)17(18)25-16/h7-8H,1-6H3. The molecule has 6 heteroatoms. The first-order valence-electron chi connectivity index (χ1n) is 8.23. The third kappa shape index (κ3) is 3.44. The molecule has 1 aliphatic rings. The second-order valence-electron chi connectivity index (χ2n) is 8.47. The quantitative estimate of drug-likeness (QED) is 0.250. The van der Waals surface area contributed by atoms with Crippen molar-refractivity contribution < 1.29 is 4.74 Å². The molecule has 0 atom stereocenters. The summed E-state index contributed by atoms with van der Waals surface area (Å²) in [7, 11) is 0. The van der Waals surface area contributed by atoms with Crippen LogP contribution in [0.25, 0.3) is 0 Å². The van der Waals surface area contributed by atoms with Crippen LogP contribution >= 0.6 is 58.2 Å². The van der Waals surface area contributed by atoms with E-state index in [-0.39, 0.29) is 25.9 Å². The maximum absolute atomic E-state index is 6.44. The molecule has 3 rings (SSSR count). The number of fused-ring (bicyclic) bond motifs is 2. The van der Waals surface area contributed by atoms with E-state index in [1.165, 1.54) is 17.3 Å². The zero-order chi connectivity index (χ0) is 19.6. The van der Waals surface area contributed by atoms with E-state index in [0.29, 0.717) is 15.7 Å². The van der Waals surface area contributed by atoms with Crippen molar-refractivity contribution in [2.24, 2.45) is 0 Å². The first kappa shape index (κ1) is 20.5. The molecule has 140 valence electrons. The number of benzene rings is 2. The van der Waals surface area contributed by atoms with Gasteiger partial charge in [0.1, 0.15) is 10.8 Å². The minimum absolute atomic E-state index is 0.00888. The average Bonchev–Trinajstić information content (AvgIpc) is 2.54. The highest BCUT2D eigenvalue weighted by atomic mass is 35.5. The lowest BCUT2D eigenvalue weighted by Gasteiger charge is -2.32. The molecule has 0 unspecified atom stereocenters. The minimum Gasteiger partial charge on any atom is -0.453 e. The van der Waals surface area contributed by atoms with Crippen molar-refractivity contribution in [2.75, 3.05) is 0 Å². The van der Waals surface area contributed by atoms with E-state index >= 15 is 0 Å². The lowest BCUT2D eigenvalue weighted by atomic mass is 9.80. The highest BCUT2D eigenvalue weighted by Gasteiger charge is 2.33. The molecular formula is C20H20Cl4OS. The van der Waals surface area contributed by atoms with Gasteiger partial charge in [0.15, 0.2) is 5.75 Å². The Balaban J connectivity index is 2.29. The maximum Gasteiger partial charge on any atom is 0.163 e. The Bertz CT molecular complexity index is 908. The zero-order valence-corrected chi connectivity index (χ0v) is 19.3. The van der Waals surface area contributed by atoms with Gasteiger partial charge in [0, 0.05) is 5.56 Å². The number of hydrogen-bond acceptors (Lipinski definition) is 2. The lowest BCUT2D eigenvalue weighted by Crippen LogP contribution is -2.18. The van der Waals surface area contributed by atoms with E-state index in [1.54, 1.807) is 0 Å². The van der Waals surface area contributed by atoms with Gasteiger partial charge in [0.05, 0.1) is 24.9 Å². The van der Waals surface area contributed by atoms with Crippen LogP contribution in [0.3, 0.4) is 0 Å². The molecule has 2 aromatic rings. The van der Waals surface area contributed by atoms with Gasteiger partial charge in [-0.15, -0.1) is 0 Å². The largest absolute Gasteiger partial charge is 0.453 e. The fourth-order valence-electron chi connectivity index (χ4n) is 2.76. The monoisotopic (exact) mass is 448 g/mol. The molecule has 0 spiro atoms. The van der Waals surface area contributed by atoms with Gasteiger partial charge in [-0.05, 0) is 22.5 Å². The Morgan fingerprint density at radius 3 is 1.85 bits per heavy atom. The van der Waals surface area contributed by atoms with Crippen LogP contribution in [0.4, 0.5) is 0 Å². The van der Waals surface area contributed by atoms with Crippen molar-refractivity contribution in [1.29, 1.82) is 0 Å². The molecule has 2 aromatic carbocycles. The number of ether oxygens (including phenoxy) is 1. The molecule has 0 amide bonds. The molecule has 0 fully saturated rings. The summed E-state index contributed by atoms with van der Waals surface area (Å²) in [6.45, 7) is 13.1. The molecule has 0 bridgehead atoms. The second-order valence-corrected chi connectivity index (χ2v) is 11.0. The topological polar surface area (TPSA) is 9.23 Å². The normalized spacial score (nSPS) is 13.9. The van der Waals surface area contributed by atoms with Gasteiger partial charge >= 0.3 is 0 Å². The Labute approximate surface area is 179 Å². The third-order valence-electron chi connectivity index (χ3n) is 4.33. The molecule has 0 saturated heterocycles. The van der Waals surface area contributed by atoms with Gasteiger partial charge in [-0.2, -0.15) is 0 Å². The van der Waals surface area contributed by atoms with Crippen molar-refractivity contribution in [2.45, 2.75) is 62.2 Å². The summed E-state index contributed by atoms with van der Waals surface area (Å²) in [5, 5.41) is 1.11. The van der Waals surface area contributed by atoms with Gasteiger partial charge < -0.3 is 4.74 Å². The van der Waals surface area contributed by atoms with Gasteiger partial charge in [-0.3, -0.25) is 0 Å². The molecular weight excluding hydrogens is 430 g/mol. The van der Waals surface area contributed by atoms with E-state index in [1.807, 2.05) is 0 Å². The summed E-state index contributed by atoms with van der Waals surface area (Å²) in [6.07, 6.45) is 0. The fraction of sp³-hybridized carbons (Fsp3) is 0.400. The second kappa shape index (κ2) is 6.67. The summed E-state index contributed by atoms with van der Waals surface area (Å²) in [5.74, 6) is 1.27.